The van der Waals surface area contributed by atoms with E-state index in [1.54, 1.807) is 6.20 Å². The van der Waals surface area contributed by atoms with Crippen LogP contribution in [0.25, 0.3) is 10.8 Å². The van der Waals surface area contributed by atoms with Crippen molar-refractivity contribution < 1.29 is 9.53 Å². The van der Waals surface area contributed by atoms with Gasteiger partial charge in [-0.05, 0) is 29.5 Å². The van der Waals surface area contributed by atoms with Gasteiger partial charge in [0.15, 0.2) is 6.61 Å². The Kier molecular flexibility index (Phi) is 5.83. The summed E-state index contributed by atoms with van der Waals surface area (Å²) in [6, 6.07) is 18.1. The van der Waals surface area contributed by atoms with E-state index >= 15 is 0 Å². The number of hydrogen-bond acceptors (Lipinski definition) is 4. The number of carbonyl (C=O) groups excluding carboxylic acids is 1. The summed E-state index contributed by atoms with van der Waals surface area (Å²) in [7, 11) is 0. The molecule has 0 saturated carbocycles. The summed E-state index contributed by atoms with van der Waals surface area (Å²) in [6.45, 7) is 4.33. The van der Waals surface area contributed by atoms with Gasteiger partial charge in [0, 0.05) is 50.5 Å². The van der Waals surface area contributed by atoms with Crippen LogP contribution in [0, 0.1) is 0 Å². The number of ether oxygens (including phenoxy) is 1. The molecular formula is C23H25N3O2. The Hall–Kier alpha value is -2.92. The van der Waals surface area contributed by atoms with Gasteiger partial charge >= 0.3 is 0 Å². The van der Waals surface area contributed by atoms with E-state index in [2.05, 4.69) is 28.1 Å². The first kappa shape index (κ1) is 18.4. The fourth-order valence-electron chi connectivity index (χ4n) is 3.68. The van der Waals surface area contributed by atoms with Crippen molar-refractivity contribution in [2.45, 2.75) is 13.0 Å². The van der Waals surface area contributed by atoms with Crippen molar-refractivity contribution in [2.24, 2.45) is 0 Å². The Balaban J connectivity index is 1.32. The number of nitrogens with zero attached hydrogens (tertiary/aromatic N) is 3. The lowest BCUT2D eigenvalue weighted by Crippen LogP contribution is -2.38. The SMILES string of the molecule is O=C(COc1cccc2ccccc12)N1CCCN(Cc2cccnc2)CC1. The van der Waals surface area contributed by atoms with Gasteiger partial charge in [-0.2, -0.15) is 0 Å². The summed E-state index contributed by atoms with van der Waals surface area (Å²) in [4.78, 5) is 21.2. The van der Waals surface area contributed by atoms with Crippen LogP contribution in [0.15, 0.2) is 67.0 Å². The normalized spacial score (nSPS) is 15.4. The number of amides is 1. The fraction of sp³-hybridized carbons (Fsp3) is 0.304. The first-order valence-electron chi connectivity index (χ1n) is 9.79. The second-order valence-corrected chi connectivity index (χ2v) is 7.14. The predicted octanol–water partition coefficient (Wildman–Crippen LogP) is 3.35. The Morgan fingerprint density at radius 3 is 2.75 bits per heavy atom. The average molecular weight is 375 g/mol. The third-order valence-electron chi connectivity index (χ3n) is 5.17. The molecule has 1 saturated heterocycles. The zero-order chi connectivity index (χ0) is 19.2. The first-order chi connectivity index (χ1) is 13.8. The maximum Gasteiger partial charge on any atom is 0.260 e. The molecule has 5 heteroatoms. The van der Waals surface area contributed by atoms with E-state index in [0.29, 0.717) is 0 Å². The molecule has 3 aromatic rings. The second-order valence-electron chi connectivity index (χ2n) is 7.14. The minimum Gasteiger partial charge on any atom is -0.483 e. The van der Waals surface area contributed by atoms with Crippen LogP contribution in [0.2, 0.25) is 0 Å². The van der Waals surface area contributed by atoms with Gasteiger partial charge in [-0.25, -0.2) is 0 Å². The van der Waals surface area contributed by atoms with E-state index in [-0.39, 0.29) is 12.5 Å². The molecule has 1 aromatic heterocycles. The lowest BCUT2D eigenvalue weighted by Gasteiger charge is -2.22. The molecule has 4 rings (SSSR count). The lowest BCUT2D eigenvalue weighted by molar-refractivity contribution is -0.133. The van der Waals surface area contributed by atoms with Crippen molar-refractivity contribution in [3.8, 4) is 5.75 Å². The van der Waals surface area contributed by atoms with Gasteiger partial charge in [-0.3, -0.25) is 14.7 Å². The summed E-state index contributed by atoms with van der Waals surface area (Å²) in [5.74, 6) is 0.815. The number of aromatic nitrogens is 1. The molecule has 0 aliphatic carbocycles. The van der Waals surface area contributed by atoms with Crippen molar-refractivity contribution in [1.82, 2.24) is 14.8 Å². The number of carbonyl (C=O) groups is 1. The molecule has 144 valence electrons. The molecule has 1 amide bonds. The highest BCUT2D eigenvalue weighted by molar-refractivity contribution is 5.88. The van der Waals surface area contributed by atoms with E-state index in [0.717, 1.165) is 55.7 Å². The lowest BCUT2D eigenvalue weighted by atomic mass is 10.1. The topological polar surface area (TPSA) is 45.7 Å². The van der Waals surface area contributed by atoms with Crippen molar-refractivity contribution in [1.29, 1.82) is 0 Å². The maximum atomic E-state index is 12.7. The maximum absolute atomic E-state index is 12.7. The van der Waals surface area contributed by atoms with Crippen LogP contribution < -0.4 is 4.74 Å². The standard InChI is InChI=1S/C23H25N3O2/c27-23(18-28-22-10-3-8-20-7-1-2-9-21(20)22)26-13-5-12-25(14-15-26)17-19-6-4-11-24-16-19/h1-4,6-11,16H,5,12-15,17-18H2. The Morgan fingerprint density at radius 1 is 0.964 bits per heavy atom. The van der Waals surface area contributed by atoms with Gasteiger partial charge in [-0.1, -0.05) is 42.5 Å². The van der Waals surface area contributed by atoms with Crippen LogP contribution in [-0.2, 0) is 11.3 Å². The Morgan fingerprint density at radius 2 is 1.86 bits per heavy atom. The molecule has 5 nitrogen and oxygen atoms in total. The summed E-state index contributed by atoms with van der Waals surface area (Å²) in [6.07, 6.45) is 4.67. The molecule has 1 fully saturated rings. The van der Waals surface area contributed by atoms with Crippen LogP contribution in [0.4, 0.5) is 0 Å². The van der Waals surface area contributed by atoms with Crippen LogP contribution in [0.1, 0.15) is 12.0 Å². The fourth-order valence-corrected chi connectivity index (χ4v) is 3.68. The van der Waals surface area contributed by atoms with Crippen LogP contribution in [0.5, 0.6) is 5.75 Å². The molecule has 1 aliphatic rings. The molecule has 2 aromatic carbocycles. The molecule has 28 heavy (non-hydrogen) atoms. The quantitative estimate of drug-likeness (QED) is 0.686. The van der Waals surface area contributed by atoms with E-state index in [4.69, 9.17) is 4.74 Å². The third kappa shape index (κ3) is 4.49. The van der Waals surface area contributed by atoms with E-state index < -0.39 is 0 Å². The van der Waals surface area contributed by atoms with Crippen LogP contribution >= 0.6 is 0 Å². The van der Waals surface area contributed by atoms with Crippen LogP contribution in [0.3, 0.4) is 0 Å². The minimum absolute atomic E-state index is 0.0520. The minimum atomic E-state index is 0.0520. The number of fused-ring (bicyclic) bond motifs is 1. The summed E-state index contributed by atoms with van der Waals surface area (Å²) in [5, 5.41) is 2.16. The molecule has 0 bridgehead atoms. The number of benzene rings is 2. The van der Waals surface area contributed by atoms with Gasteiger partial charge in [-0.15, -0.1) is 0 Å². The Bertz CT molecular complexity index is 924. The molecule has 2 heterocycles. The Labute approximate surface area is 165 Å². The number of pyridine rings is 1. The molecule has 0 N–H and O–H groups in total. The predicted molar refractivity (Wildman–Crippen MR) is 110 cm³/mol. The summed E-state index contributed by atoms with van der Waals surface area (Å²) < 4.78 is 5.88. The van der Waals surface area contributed by atoms with Crippen molar-refractivity contribution in [3.63, 3.8) is 0 Å². The second kappa shape index (κ2) is 8.85. The van der Waals surface area contributed by atoms with Crippen LogP contribution in [-0.4, -0.2) is 53.5 Å². The van der Waals surface area contributed by atoms with Gasteiger partial charge in [0.25, 0.3) is 5.91 Å². The summed E-state index contributed by atoms with van der Waals surface area (Å²) in [5.41, 5.74) is 1.21. The summed E-state index contributed by atoms with van der Waals surface area (Å²) >= 11 is 0. The highest BCUT2D eigenvalue weighted by atomic mass is 16.5. The molecule has 0 spiro atoms. The first-order valence-corrected chi connectivity index (χ1v) is 9.79. The average Bonchev–Trinajstić information content (AvgIpc) is 2.98. The van der Waals surface area contributed by atoms with Crippen molar-refractivity contribution in [2.75, 3.05) is 32.8 Å². The molecule has 0 unspecified atom stereocenters. The highest BCUT2D eigenvalue weighted by Gasteiger charge is 2.20. The highest BCUT2D eigenvalue weighted by Crippen LogP contribution is 2.25. The number of rotatable bonds is 5. The van der Waals surface area contributed by atoms with E-state index in [9.17, 15) is 4.79 Å². The molecular weight excluding hydrogens is 350 g/mol. The van der Waals surface area contributed by atoms with E-state index in [1.807, 2.05) is 47.5 Å². The monoisotopic (exact) mass is 375 g/mol. The van der Waals surface area contributed by atoms with Crippen molar-refractivity contribution >= 4 is 16.7 Å². The molecule has 1 aliphatic heterocycles. The third-order valence-corrected chi connectivity index (χ3v) is 5.17. The van der Waals surface area contributed by atoms with Gasteiger partial charge in [0.05, 0.1) is 0 Å². The number of hydrogen-bond donors (Lipinski definition) is 0. The zero-order valence-corrected chi connectivity index (χ0v) is 16.0. The van der Waals surface area contributed by atoms with Gasteiger partial charge in [0.1, 0.15) is 5.75 Å². The molecule has 0 atom stereocenters. The van der Waals surface area contributed by atoms with Gasteiger partial charge in [0.2, 0.25) is 0 Å². The van der Waals surface area contributed by atoms with Gasteiger partial charge < -0.3 is 9.64 Å². The largest absolute Gasteiger partial charge is 0.483 e. The smallest absolute Gasteiger partial charge is 0.260 e. The van der Waals surface area contributed by atoms with E-state index in [1.165, 1.54) is 5.56 Å². The molecule has 0 radical (unpaired) electrons. The zero-order valence-electron chi connectivity index (χ0n) is 16.0. The van der Waals surface area contributed by atoms with Crippen molar-refractivity contribution in [3.05, 3.63) is 72.6 Å².